The zero-order valence-corrected chi connectivity index (χ0v) is 20.3. The van der Waals surface area contributed by atoms with E-state index < -0.39 is 6.29 Å². The average molecular weight is 479 g/mol. The van der Waals surface area contributed by atoms with Crippen molar-refractivity contribution in [2.75, 3.05) is 45.1 Å². The predicted octanol–water partition coefficient (Wildman–Crippen LogP) is 3.68. The van der Waals surface area contributed by atoms with Crippen molar-refractivity contribution in [3.8, 4) is 11.5 Å². The van der Waals surface area contributed by atoms with Crippen molar-refractivity contribution in [1.82, 2.24) is 9.21 Å². The first-order chi connectivity index (χ1) is 15.5. The first-order valence-corrected chi connectivity index (χ1v) is 12.5. The molecule has 1 aliphatic heterocycles. The first kappa shape index (κ1) is 25.4. The Labute approximate surface area is 201 Å². The highest BCUT2D eigenvalue weighted by molar-refractivity contribution is 7.97. The number of aliphatic hydroxyl groups is 2. The minimum Gasteiger partial charge on any atom is -0.457 e. The highest BCUT2D eigenvalue weighted by Gasteiger charge is 2.17. The van der Waals surface area contributed by atoms with E-state index in [1.54, 1.807) is 11.9 Å². The van der Waals surface area contributed by atoms with Crippen LogP contribution in [0.5, 0.6) is 11.5 Å². The second-order valence-electron chi connectivity index (χ2n) is 7.95. The van der Waals surface area contributed by atoms with Gasteiger partial charge in [-0.15, -0.1) is 0 Å². The van der Waals surface area contributed by atoms with Gasteiger partial charge in [-0.05, 0) is 67.3 Å². The van der Waals surface area contributed by atoms with Crippen LogP contribution in [0.2, 0.25) is 0 Å². The van der Waals surface area contributed by atoms with E-state index in [1.165, 1.54) is 4.90 Å². The Morgan fingerprint density at radius 2 is 1.69 bits per heavy atom. The molecule has 1 heterocycles. The largest absolute Gasteiger partial charge is 0.457 e. The fourth-order valence-corrected chi connectivity index (χ4v) is 4.64. The van der Waals surface area contributed by atoms with Gasteiger partial charge in [0, 0.05) is 49.3 Å². The third-order valence-corrected chi connectivity index (χ3v) is 7.18. The summed E-state index contributed by atoms with van der Waals surface area (Å²) < 4.78 is 13.8. The molecule has 0 bridgehead atoms. The molecule has 1 fully saturated rings. The molecule has 0 radical (unpaired) electrons. The number of nitrogens with zero attached hydrogens (tertiary/aromatic N) is 2. The van der Waals surface area contributed by atoms with Crippen LogP contribution in [0.3, 0.4) is 0 Å². The third kappa shape index (κ3) is 8.59. The standard InChI is InChI=1S/C24H34N2O4S2/c1-19(18-31)26(13-12-25-14-16-29-17-15-25)32-23-9-7-22(8-10-23)30-21-5-2-20(3-6-21)4-11-24(27)28/h2-3,5-10,19,24,27-28,31H,4,11-18H2,1H3/t19-/m1/s1. The van der Waals surface area contributed by atoms with Gasteiger partial charge in [0.05, 0.1) is 13.2 Å². The molecule has 2 aromatic rings. The Morgan fingerprint density at radius 1 is 1.06 bits per heavy atom. The van der Waals surface area contributed by atoms with Gasteiger partial charge in [-0.1, -0.05) is 12.1 Å². The summed E-state index contributed by atoms with van der Waals surface area (Å²) in [5, 5.41) is 18.0. The number of rotatable bonds is 12. The second kappa shape index (κ2) is 13.4. The topological polar surface area (TPSA) is 65.4 Å². The van der Waals surface area contributed by atoms with Crippen LogP contribution >= 0.6 is 24.6 Å². The van der Waals surface area contributed by atoms with E-state index in [0.29, 0.717) is 18.9 Å². The van der Waals surface area contributed by atoms with Gasteiger partial charge in [0.1, 0.15) is 11.5 Å². The summed E-state index contributed by atoms with van der Waals surface area (Å²) in [6.07, 6.45) is -0.320. The van der Waals surface area contributed by atoms with Crippen molar-refractivity contribution in [3.05, 3.63) is 54.1 Å². The Balaban J connectivity index is 1.52. The molecule has 176 valence electrons. The molecule has 2 aromatic carbocycles. The van der Waals surface area contributed by atoms with Gasteiger partial charge in [0.2, 0.25) is 0 Å². The minimum atomic E-state index is -1.27. The van der Waals surface area contributed by atoms with Crippen LogP contribution < -0.4 is 4.74 Å². The van der Waals surface area contributed by atoms with Gasteiger partial charge in [-0.25, -0.2) is 4.31 Å². The van der Waals surface area contributed by atoms with Crippen molar-refractivity contribution >= 4 is 24.6 Å². The Hall–Kier alpha value is -1.26. The fourth-order valence-electron chi connectivity index (χ4n) is 3.37. The Morgan fingerprint density at radius 3 is 2.28 bits per heavy atom. The van der Waals surface area contributed by atoms with E-state index in [0.717, 1.165) is 62.2 Å². The number of aryl methyl sites for hydroxylation is 1. The van der Waals surface area contributed by atoms with Crippen molar-refractivity contribution in [2.24, 2.45) is 0 Å². The molecule has 0 saturated carbocycles. The van der Waals surface area contributed by atoms with Gasteiger partial charge in [0.15, 0.2) is 6.29 Å². The highest BCUT2D eigenvalue weighted by atomic mass is 32.2. The second-order valence-corrected chi connectivity index (χ2v) is 9.44. The number of morpholine rings is 1. The molecule has 2 N–H and O–H groups in total. The molecule has 3 rings (SSSR count). The van der Waals surface area contributed by atoms with Crippen molar-refractivity contribution in [2.45, 2.75) is 37.0 Å². The molecule has 0 amide bonds. The maximum Gasteiger partial charge on any atom is 0.151 e. The van der Waals surface area contributed by atoms with Crippen LogP contribution in [0.15, 0.2) is 53.4 Å². The number of hydrogen-bond donors (Lipinski definition) is 3. The average Bonchev–Trinajstić information content (AvgIpc) is 2.82. The monoisotopic (exact) mass is 478 g/mol. The van der Waals surface area contributed by atoms with Gasteiger partial charge in [-0.2, -0.15) is 12.6 Å². The lowest BCUT2D eigenvalue weighted by Gasteiger charge is -2.32. The molecule has 32 heavy (non-hydrogen) atoms. The van der Waals surface area contributed by atoms with Gasteiger partial charge in [0.25, 0.3) is 0 Å². The van der Waals surface area contributed by atoms with Crippen molar-refractivity contribution in [1.29, 1.82) is 0 Å². The smallest absolute Gasteiger partial charge is 0.151 e. The summed E-state index contributed by atoms with van der Waals surface area (Å²) in [5.74, 6) is 2.36. The molecule has 0 unspecified atom stereocenters. The molecule has 0 spiro atoms. The van der Waals surface area contributed by atoms with Gasteiger partial charge in [-0.3, -0.25) is 4.90 Å². The van der Waals surface area contributed by atoms with Crippen LogP contribution in [-0.4, -0.2) is 76.9 Å². The molecule has 8 heteroatoms. The maximum absolute atomic E-state index is 8.99. The number of thiol groups is 1. The highest BCUT2D eigenvalue weighted by Crippen LogP contribution is 2.29. The summed E-state index contributed by atoms with van der Waals surface area (Å²) in [7, 11) is 0. The molecule has 1 saturated heterocycles. The summed E-state index contributed by atoms with van der Waals surface area (Å²) in [6.45, 7) is 7.87. The van der Waals surface area contributed by atoms with Crippen LogP contribution in [0.4, 0.5) is 0 Å². The molecule has 0 aliphatic carbocycles. The van der Waals surface area contributed by atoms with Gasteiger partial charge < -0.3 is 19.7 Å². The van der Waals surface area contributed by atoms with Crippen LogP contribution in [0, 0.1) is 0 Å². The van der Waals surface area contributed by atoms with Gasteiger partial charge >= 0.3 is 0 Å². The van der Waals surface area contributed by atoms with Crippen LogP contribution in [0.25, 0.3) is 0 Å². The van der Waals surface area contributed by atoms with Crippen molar-refractivity contribution < 1.29 is 19.7 Å². The summed E-state index contributed by atoms with van der Waals surface area (Å²) >= 11 is 6.27. The van der Waals surface area contributed by atoms with Crippen molar-refractivity contribution in [3.63, 3.8) is 0 Å². The quantitative estimate of drug-likeness (QED) is 0.244. The number of aliphatic hydroxyl groups excluding tert-OH is 1. The number of hydrogen-bond acceptors (Lipinski definition) is 8. The predicted molar refractivity (Wildman–Crippen MR) is 133 cm³/mol. The number of ether oxygens (including phenoxy) is 2. The summed E-state index contributed by atoms with van der Waals surface area (Å²) in [6, 6.07) is 16.2. The summed E-state index contributed by atoms with van der Waals surface area (Å²) in [5.41, 5.74) is 1.05. The lowest BCUT2D eigenvalue weighted by Crippen LogP contribution is -2.42. The van der Waals surface area contributed by atoms with E-state index in [9.17, 15) is 0 Å². The van der Waals surface area contributed by atoms with E-state index in [1.807, 2.05) is 36.4 Å². The summed E-state index contributed by atoms with van der Waals surface area (Å²) in [4.78, 5) is 3.63. The molecule has 1 atom stereocenters. The molecular formula is C24H34N2O4S2. The normalized spacial score (nSPS) is 15.9. The first-order valence-electron chi connectivity index (χ1n) is 11.1. The zero-order chi connectivity index (χ0) is 22.8. The SMILES string of the molecule is C[C@H](CS)N(CCN1CCOCC1)Sc1ccc(Oc2ccc(CCC(O)O)cc2)cc1. The molecule has 0 aromatic heterocycles. The van der Waals surface area contributed by atoms with E-state index >= 15 is 0 Å². The van der Waals surface area contributed by atoms with E-state index in [-0.39, 0.29) is 0 Å². The van der Waals surface area contributed by atoms with Crippen LogP contribution in [-0.2, 0) is 11.2 Å². The molecule has 6 nitrogen and oxygen atoms in total. The third-order valence-electron chi connectivity index (χ3n) is 5.39. The molecular weight excluding hydrogens is 444 g/mol. The van der Waals surface area contributed by atoms with E-state index in [4.69, 9.17) is 19.7 Å². The maximum atomic E-state index is 8.99. The Bertz CT molecular complexity index is 784. The lowest BCUT2D eigenvalue weighted by molar-refractivity contribution is -0.0447. The number of benzene rings is 2. The molecule has 1 aliphatic rings. The fraction of sp³-hybridized carbons (Fsp3) is 0.500. The Kier molecular flexibility index (Phi) is 10.7. The zero-order valence-electron chi connectivity index (χ0n) is 18.6. The lowest BCUT2D eigenvalue weighted by atomic mass is 10.1. The van der Waals surface area contributed by atoms with Crippen LogP contribution in [0.1, 0.15) is 18.9 Å². The minimum absolute atomic E-state index is 0.328. The van der Waals surface area contributed by atoms with E-state index in [2.05, 4.69) is 40.9 Å².